The van der Waals surface area contributed by atoms with E-state index in [1.54, 1.807) is 44.4 Å². The molecule has 2 aromatic heterocycles. The summed E-state index contributed by atoms with van der Waals surface area (Å²) in [5, 5.41) is 3.92. The van der Waals surface area contributed by atoms with Crippen molar-refractivity contribution < 1.29 is 26.7 Å². The summed E-state index contributed by atoms with van der Waals surface area (Å²) in [5.74, 6) is 0.456. The lowest BCUT2D eigenvalue weighted by Gasteiger charge is -2.10. The fraction of sp³-hybridized carbons (Fsp3) is 0.200. The Hall–Kier alpha value is -4.05. The van der Waals surface area contributed by atoms with Gasteiger partial charge in [-0.2, -0.15) is 13.4 Å². The fourth-order valence-corrected chi connectivity index (χ4v) is 4.48. The molecular weight excluding hydrogens is 470 g/mol. The van der Waals surface area contributed by atoms with Crippen molar-refractivity contribution in [2.24, 2.45) is 0 Å². The molecule has 35 heavy (non-hydrogen) atoms. The van der Waals surface area contributed by atoms with E-state index in [-0.39, 0.29) is 22.8 Å². The average molecular weight is 494 g/mol. The van der Waals surface area contributed by atoms with Crippen molar-refractivity contribution in [1.82, 2.24) is 15.1 Å². The Balaban J connectivity index is 1.28. The molecule has 9 nitrogen and oxygen atoms in total. The number of nitrogens with zero attached hydrogens (tertiary/aromatic N) is 3. The van der Waals surface area contributed by atoms with Crippen LogP contribution < -0.4 is 4.18 Å². The third-order valence-electron chi connectivity index (χ3n) is 5.06. The summed E-state index contributed by atoms with van der Waals surface area (Å²) >= 11 is 0. The maximum atomic E-state index is 12.6. The molecule has 0 N–H and O–H groups in total. The number of pyridine rings is 1. The summed E-state index contributed by atoms with van der Waals surface area (Å²) in [6.45, 7) is 3.66. The first-order chi connectivity index (χ1) is 16.8. The first-order valence-corrected chi connectivity index (χ1v) is 12.2. The van der Waals surface area contributed by atoms with Crippen LogP contribution in [0.25, 0.3) is 11.4 Å². The maximum absolute atomic E-state index is 12.6. The number of hydrogen-bond acceptors (Lipinski definition) is 9. The van der Waals surface area contributed by atoms with Gasteiger partial charge in [-0.3, -0.25) is 4.98 Å². The van der Waals surface area contributed by atoms with Crippen LogP contribution in [0.1, 0.15) is 33.8 Å². The van der Waals surface area contributed by atoms with Gasteiger partial charge in [0.2, 0.25) is 11.7 Å². The van der Waals surface area contributed by atoms with Crippen LogP contribution in [0, 0.1) is 13.8 Å². The lowest BCUT2D eigenvalue weighted by Crippen LogP contribution is -2.12. The minimum absolute atomic E-state index is 0.100. The number of esters is 1. The molecule has 0 aliphatic carbocycles. The third kappa shape index (κ3) is 6.10. The lowest BCUT2D eigenvalue weighted by atomic mass is 10.2. The number of benzene rings is 2. The summed E-state index contributed by atoms with van der Waals surface area (Å²) in [5.41, 5.74) is 2.43. The first kappa shape index (κ1) is 24.1. The number of carbonyl (C=O) groups excluding carboxylic acids is 1. The average Bonchev–Trinajstić information content (AvgIpc) is 3.33. The van der Waals surface area contributed by atoms with Gasteiger partial charge in [0.15, 0.2) is 0 Å². The minimum atomic E-state index is -4.00. The summed E-state index contributed by atoms with van der Waals surface area (Å²) in [4.78, 5) is 20.7. The van der Waals surface area contributed by atoms with E-state index in [2.05, 4.69) is 15.1 Å². The zero-order valence-corrected chi connectivity index (χ0v) is 20.0. The van der Waals surface area contributed by atoms with Crippen molar-refractivity contribution in [2.45, 2.75) is 31.6 Å². The van der Waals surface area contributed by atoms with Crippen LogP contribution >= 0.6 is 0 Å². The van der Waals surface area contributed by atoms with Gasteiger partial charge in [0.25, 0.3) is 0 Å². The molecule has 0 fully saturated rings. The first-order valence-electron chi connectivity index (χ1n) is 10.8. The summed E-state index contributed by atoms with van der Waals surface area (Å²) in [7, 11) is -4.00. The molecule has 2 heterocycles. The van der Waals surface area contributed by atoms with Gasteiger partial charge in [-0.05, 0) is 73.9 Å². The van der Waals surface area contributed by atoms with E-state index in [1.165, 1.54) is 24.3 Å². The second kappa shape index (κ2) is 10.5. The molecule has 2 aromatic carbocycles. The highest BCUT2D eigenvalue weighted by atomic mass is 32.2. The molecule has 0 aliphatic heterocycles. The predicted octanol–water partition coefficient (Wildman–Crippen LogP) is 4.31. The number of hydrogen-bond donors (Lipinski definition) is 0. The molecule has 0 radical (unpaired) electrons. The van der Waals surface area contributed by atoms with Gasteiger partial charge in [0.05, 0.1) is 12.2 Å². The normalized spacial score (nSPS) is 11.3. The number of aromatic nitrogens is 3. The second-order valence-electron chi connectivity index (χ2n) is 7.82. The minimum Gasteiger partial charge on any atom is -0.462 e. The fourth-order valence-electron chi connectivity index (χ4n) is 3.24. The van der Waals surface area contributed by atoms with E-state index in [1.807, 2.05) is 12.1 Å². The van der Waals surface area contributed by atoms with Crippen LogP contribution in [0.3, 0.4) is 0 Å². The lowest BCUT2D eigenvalue weighted by molar-refractivity contribution is 0.0498. The predicted molar refractivity (Wildman–Crippen MR) is 126 cm³/mol. The van der Waals surface area contributed by atoms with Gasteiger partial charge in [-0.1, -0.05) is 17.3 Å². The van der Waals surface area contributed by atoms with Gasteiger partial charge in [-0.15, -0.1) is 0 Å². The van der Waals surface area contributed by atoms with Gasteiger partial charge in [0.1, 0.15) is 10.6 Å². The highest BCUT2D eigenvalue weighted by molar-refractivity contribution is 7.87. The van der Waals surface area contributed by atoms with E-state index in [4.69, 9.17) is 13.4 Å². The smallest absolute Gasteiger partial charge is 0.339 e. The van der Waals surface area contributed by atoms with E-state index >= 15 is 0 Å². The number of carbonyl (C=O) groups is 1. The highest BCUT2D eigenvalue weighted by Crippen LogP contribution is 2.23. The van der Waals surface area contributed by atoms with Crippen LogP contribution in [0.2, 0.25) is 0 Å². The Kier molecular flexibility index (Phi) is 7.21. The molecule has 0 bridgehead atoms. The standard InChI is InChI=1S/C25H23N3O6S/c1-17-7-8-18(2)22(15-17)35(30,31)34-21-11-9-19(10-12-21)25(29)32-14-4-6-23-27-24(28-33-23)20-5-3-13-26-16-20/h3,5,7-13,15-16H,4,6,14H2,1-2H3. The Labute approximate surface area is 202 Å². The quantitative estimate of drug-likeness (QED) is 0.191. The summed E-state index contributed by atoms with van der Waals surface area (Å²) in [6.07, 6.45) is 4.25. The summed E-state index contributed by atoms with van der Waals surface area (Å²) in [6, 6.07) is 14.5. The molecule has 0 amide bonds. The van der Waals surface area contributed by atoms with Gasteiger partial charge in [-0.25, -0.2) is 4.79 Å². The van der Waals surface area contributed by atoms with Crippen molar-refractivity contribution in [3.8, 4) is 17.1 Å². The maximum Gasteiger partial charge on any atom is 0.339 e. The SMILES string of the molecule is Cc1ccc(C)c(S(=O)(=O)Oc2ccc(C(=O)OCCCc3nc(-c4cccnc4)no3)cc2)c1. The second-order valence-corrected chi connectivity index (χ2v) is 9.34. The third-order valence-corrected chi connectivity index (χ3v) is 6.46. The number of rotatable bonds is 9. The topological polar surface area (TPSA) is 121 Å². The molecule has 0 aliphatic rings. The molecule has 0 unspecified atom stereocenters. The van der Waals surface area contributed by atoms with Gasteiger partial charge in [0, 0.05) is 24.4 Å². The van der Waals surface area contributed by atoms with Crippen molar-refractivity contribution in [2.75, 3.05) is 6.61 Å². The van der Waals surface area contributed by atoms with Crippen LogP contribution in [0.5, 0.6) is 5.75 Å². The Morgan fingerprint density at radius 1 is 1.06 bits per heavy atom. The van der Waals surface area contributed by atoms with Gasteiger partial charge >= 0.3 is 16.1 Å². The Morgan fingerprint density at radius 3 is 2.60 bits per heavy atom. The molecule has 0 atom stereocenters. The molecule has 0 saturated carbocycles. The zero-order valence-electron chi connectivity index (χ0n) is 19.2. The van der Waals surface area contributed by atoms with Crippen molar-refractivity contribution in [1.29, 1.82) is 0 Å². The van der Waals surface area contributed by atoms with E-state index in [0.717, 1.165) is 11.1 Å². The monoisotopic (exact) mass is 493 g/mol. The van der Waals surface area contributed by atoms with Crippen LogP contribution in [-0.4, -0.2) is 36.1 Å². The van der Waals surface area contributed by atoms with Crippen LogP contribution in [-0.2, 0) is 21.3 Å². The van der Waals surface area contributed by atoms with E-state index in [0.29, 0.717) is 30.1 Å². The van der Waals surface area contributed by atoms with Crippen LogP contribution in [0.15, 0.2) is 76.4 Å². The largest absolute Gasteiger partial charge is 0.462 e. The van der Waals surface area contributed by atoms with Crippen molar-refractivity contribution in [3.63, 3.8) is 0 Å². The molecule has 10 heteroatoms. The van der Waals surface area contributed by atoms with Crippen molar-refractivity contribution in [3.05, 3.63) is 89.6 Å². The summed E-state index contributed by atoms with van der Waals surface area (Å²) < 4.78 is 41.0. The number of aryl methyl sites for hydroxylation is 3. The molecule has 4 aromatic rings. The number of ether oxygens (including phenoxy) is 1. The highest BCUT2D eigenvalue weighted by Gasteiger charge is 2.20. The van der Waals surface area contributed by atoms with Crippen molar-refractivity contribution >= 4 is 16.1 Å². The zero-order chi connectivity index (χ0) is 24.8. The van der Waals surface area contributed by atoms with Gasteiger partial charge < -0.3 is 13.4 Å². The van der Waals surface area contributed by atoms with Crippen LogP contribution in [0.4, 0.5) is 0 Å². The molecule has 0 spiro atoms. The van der Waals surface area contributed by atoms with E-state index < -0.39 is 16.1 Å². The van der Waals surface area contributed by atoms with E-state index in [9.17, 15) is 13.2 Å². The molecule has 4 rings (SSSR count). The molecular formula is C25H23N3O6S. The molecule has 0 saturated heterocycles. The molecule has 180 valence electrons. The Bertz CT molecular complexity index is 1420. The Morgan fingerprint density at radius 2 is 1.86 bits per heavy atom.